The first-order valence-corrected chi connectivity index (χ1v) is 9.74. The van der Waals surface area contributed by atoms with E-state index in [1.807, 2.05) is 0 Å². The van der Waals surface area contributed by atoms with Crippen LogP contribution in [0.5, 0.6) is 0 Å². The minimum Gasteiger partial charge on any atom is -0.325 e. The number of piperazine rings is 1. The number of nitrogens with zero attached hydrogens (tertiary/aromatic N) is 2. The Kier molecular flexibility index (Phi) is 6.73. The lowest BCUT2D eigenvalue weighted by Gasteiger charge is -2.26. The molecule has 0 unspecified atom stereocenters. The molecule has 7 nitrogen and oxygen atoms in total. The summed E-state index contributed by atoms with van der Waals surface area (Å²) in [4.78, 5) is 14.4. The molecule has 0 aliphatic carbocycles. The predicted molar refractivity (Wildman–Crippen MR) is 94.5 cm³/mol. The highest BCUT2D eigenvalue weighted by atomic mass is 32.2. The summed E-state index contributed by atoms with van der Waals surface area (Å²) in [6.07, 6.45) is 0. The fourth-order valence-electron chi connectivity index (χ4n) is 2.72. The molecule has 0 aromatic heterocycles. The Morgan fingerprint density at radius 1 is 1.25 bits per heavy atom. The van der Waals surface area contributed by atoms with E-state index in [1.165, 1.54) is 10.4 Å². The molecule has 1 aliphatic rings. The Balaban J connectivity index is 2.05. The van der Waals surface area contributed by atoms with Crippen LogP contribution < -0.4 is 10.6 Å². The zero-order chi connectivity index (χ0) is 17.6. The van der Waals surface area contributed by atoms with Crippen LogP contribution in [0.2, 0.25) is 0 Å². The molecule has 1 aromatic rings. The molecular weight excluding hydrogens is 328 g/mol. The zero-order valence-electron chi connectivity index (χ0n) is 14.3. The minimum atomic E-state index is -3.52. The van der Waals surface area contributed by atoms with Gasteiger partial charge < -0.3 is 10.6 Å². The van der Waals surface area contributed by atoms with Gasteiger partial charge in [-0.05, 0) is 18.2 Å². The summed E-state index contributed by atoms with van der Waals surface area (Å²) in [5.74, 6) is -0.130. The van der Waals surface area contributed by atoms with Gasteiger partial charge in [0.25, 0.3) is 0 Å². The van der Waals surface area contributed by atoms with Gasteiger partial charge in [0.15, 0.2) is 0 Å². The third-order valence-corrected chi connectivity index (χ3v) is 6.08. The number of carbonyl (C=O) groups excluding carboxylic acids is 1. The number of anilines is 1. The van der Waals surface area contributed by atoms with Crippen molar-refractivity contribution in [2.75, 3.05) is 51.1 Å². The van der Waals surface area contributed by atoms with Gasteiger partial charge in [0.05, 0.1) is 11.4 Å². The van der Waals surface area contributed by atoms with Gasteiger partial charge in [0, 0.05) is 45.0 Å². The number of carbonyl (C=O) groups is 1. The number of hydrogen-bond acceptors (Lipinski definition) is 5. The minimum absolute atomic E-state index is 0.130. The summed E-state index contributed by atoms with van der Waals surface area (Å²) in [5.41, 5.74) is 0.503. The molecule has 2 rings (SSSR count). The van der Waals surface area contributed by atoms with E-state index in [-0.39, 0.29) is 10.8 Å². The third-order valence-electron chi connectivity index (χ3n) is 4.04. The molecular formula is C16H26N4O3S. The van der Waals surface area contributed by atoms with Crippen molar-refractivity contribution in [2.24, 2.45) is 0 Å². The van der Waals surface area contributed by atoms with Gasteiger partial charge in [0.1, 0.15) is 0 Å². The topological polar surface area (TPSA) is 81.8 Å². The predicted octanol–water partition coefficient (Wildman–Crippen LogP) is 0.561. The van der Waals surface area contributed by atoms with E-state index in [0.717, 1.165) is 26.2 Å². The summed E-state index contributed by atoms with van der Waals surface area (Å²) < 4.78 is 26.5. The molecule has 0 spiro atoms. The quantitative estimate of drug-likeness (QED) is 0.748. The average Bonchev–Trinajstić information content (AvgIpc) is 2.56. The first-order valence-electron chi connectivity index (χ1n) is 8.30. The van der Waals surface area contributed by atoms with E-state index in [4.69, 9.17) is 0 Å². The van der Waals surface area contributed by atoms with Crippen LogP contribution in [0.3, 0.4) is 0 Å². The van der Waals surface area contributed by atoms with Gasteiger partial charge >= 0.3 is 0 Å². The summed E-state index contributed by atoms with van der Waals surface area (Å²) >= 11 is 0. The fraction of sp³-hybridized carbons (Fsp3) is 0.562. The van der Waals surface area contributed by atoms with Crippen molar-refractivity contribution in [1.29, 1.82) is 0 Å². The molecule has 1 amide bonds. The molecule has 1 fully saturated rings. The molecule has 0 saturated carbocycles. The number of rotatable bonds is 7. The second kappa shape index (κ2) is 8.57. The van der Waals surface area contributed by atoms with Gasteiger partial charge in [-0.2, -0.15) is 4.31 Å². The Morgan fingerprint density at radius 3 is 2.54 bits per heavy atom. The lowest BCUT2D eigenvalue weighted by Crippen LogP contribution is -2.46. The van der Waals surface area contributed by atoms with Crippen molar-refractivity contribution < 1.29 is 13.2 Å². The molecule has 1 saturated heterocycles. The third kappa shape index (κ3) is 4.76. The van der Waals surface area contributed by atoms with E-state index in [0.29, 0.717) is 25.3 Å². The lowest BCUT2D eigenvalue weighted by atomic mass is 10.3. The van der Waals surface area contributed by atoms with Crippen molar-refractivity contribution in [3.63, 3.8) is 0 Å². The Hall–Kier alpha value is -1.48. The van der Waals surface area contributed by atoms with Crippen molar-refractivity contribution in [1.82, 2.24) is 14.5 Å². The average molecular weight is 354 g/mol. The van der Waals surface area contributed by atoms with Crippen LogP contribution >= 0.6 is 0 Å². The monoisotopic (exact) mass is 354 g/mol. The van der Waals surface area contributed by atoms with Crippen LogP contribution in [-0.4, -0.2) is 69.3 Å². The molecule has 1 heterocycles. The molecule has 24 heavy (non-hydrogen) atoms. The number of sulfonamides is 1. The number of amides is 1. The van der Waals surface area contributed by atoms with Crippen LogP contribution in [0.1, 0.15) is 13.8 Å². The first-order chi connectivity index (χ1) is 11.5. The van der Waals surface area contributed by atoms with Crippen molar-refractivity contribution in [3.05, 3.63) is 24.3 Å². The van der Waals surface area contributed by atoms with Crippen LogP contribution in [0.4, 0.5) is 5.69 Å². The molecule has 0 bridgehead atoms. The standard InChI is InChI=1S/C16H26N4O3S/c1-3-20(4-2)24(22,23)15-7-5-6-14(12-15)18-16(21)13-19-10-8-17-9-11-19/h5-7,12,17H,3-4,8-11,13H2,1-2H3,(H,18,21). The normalized spacial score (nSPS) is 16.3. The second-order valence-corrected chi connectivity index (χ2v) is 7.63. The van der Waals surface area contributed by atoms with E-state index in [2.05, 4.69) is 15.5 Å². The molecule has 2 N–H and O–H groups in total. The Morgan fingerprint density at radius 2 is 1.92 bits per heavy atom. The molecule has 0 radical (unpaired) electrons. The van der Waals surface area contributed by atoms with E-state index < -0.39 is 10.0 Å². The van der Waals surface area contributed by atoms with Crippen molar-refractivity contribution in [3.8, 4) is 0 Å². The molecule has 8 heteroatoms. The molecule has 1 aromatic carbocycles. The Bertz CT molecular complexity index is 653. The maximum atomic E-state index is 12.5. The Labute approximate surface area is 144 Å². The molecule has 1 aliphatic heterocycles. The lowest BCUT2D eigenvalue weighted by molar-refractivity contribution is -0.117. The second-order valence-electron chi connectivity index (χ2n) is 5.69. The van der Waals surface area contributed by atoms with Crippen LogP contribution in [0, 0.1) is 0 Å². The van der Waals surface area contributed by atoms with Crippen molar-refractivity contribution in [2.45, 2.75) is 18.7 Å². The van der Waals surface area contributed by atoms with Crippen molar-refractivity contribution >= 4 is 21.6 Å². The highest BCUT2D eigenvalue weighted by molar-refractivity contribution is 7.89. The fourth-order valence-corrected chi connectivity index (χ4v) is 4.22. The number of nitrogens with one attached hydrogen (secondary N) is 2. The highest BCUT2D eigenvalue weighted by Crippen LogP contribution is 2.19. The van der Waals surface area contributed by atoms with E-state index >= 15 is 0 Å². The molecule has 0 atom stereocenters. The van der Waals surface area contributed by atoms with Crippen LogP contribution in [0.25, 0.3) is 0 Å². The maximum Gasteiger partial charge on any atom is 0.243 e. The van der Waals surface area contributed by atoms with E-state index in [1.54, 1.807) is 32.0 Å². The van der Waals surface area contributed by atoms with E-state index in [9.17, 15) is 13.2 Å². The van der Waals surface area contributed by atoms with Gasteiger partial charge in [-0.15, -0.1) is 0 Å². The van der Waals surface area contributed by atoms with Gasteiger partial charge in [-0.1, -0.05) is 19.9 Å². The van der Waals surface area contributed by atoms with Crippen LogP contribution in [0.15, 0.2) is 29.2 Å². The number of hydrogen-bond donors (Lipinski definition) is 2. The maximum absolute atomic E-state index is 12.5. The highest BCUT2D eigenvalue weighted by Gasteiger charge is 2.22. The van der Waals surface area contributed by atoms with Crippen LogP contribution in [-0.2, 0) is 14.8 Å². The number of benzene rings is 1. The summed E-state index contributed by atoms with van der Waals surface area (Å²) in [6, 6.07) is 6.43. The zero-order valence-corrected chi connectivity index (χ0v) is 15.1. The summed E-state index contributed by atoms with van der Waals surface area (Å²) in [7, 11) is -3.52. The largest absolute Gasteiger partial charge is 0.325 e. The van der Waals surface area contributed by atoms with Gasteiger partial charge in [-0.3, -0.25) is 9.69 Å². The summed E-state index contributed by atoms with van der Waals surface area (Å²) in [6.45, 7) is 8.19. The van der Waals surface area contributed by atoms with Gasteiger partial charge in [0.2, 0.25) is 15.9 Å². The van der Waals surface area contributed by atoms with Gasteiger partial charge in [-0.25, -0.2) is 8.42 Å². The smallest absolute Gasteiger partial charge is 0.243 e. The summed E-state index contributed by atoms with van der Waals surface area (Å²) in [5, 5.41) is 6.03. The molecule has 134 valence electrons. The SMILES string of the molecule is CCN(CC)S(=O)(=O)c1cccc(NC(=O)CN2CCNCC2)c1. The first kappa shape index (κ1) is 18.9.